The minimum atomic E-state index is 0.580. The van der Waals surface area contributed by atoms with E-state index >= 15 is 0 Å². The van der Waals surface area contributed by atoms with Gasteiger partial charge < -0.3 is 5.32 Å². The number of hydrogen-bond acceptors (Lipinski definition) is 2. The van der Waals surface area contributed by atoms with Crippen LogP contribution in [0.15, 0.2) is 6.07 Å². The minimum absolute atomic E-state index is 0.580. The minimum Gasteiger partial charge on any atom is -0.312 e. The Balaban J connectivity index is 2.22. The summed E-state index contributed by atoms with van der Waals surface area (Å²) in [6.45, 7) is 8.96. The van der Waals surface area contributed by atoms with Crippen molar-refractivity contribution < 1.29 is 0 Å². The van der Waals surface area contributed by atoms with E-state index < -0.39 is 0 Å². The van der Waals surface area contributed by atoms with Gasteiger partial charge in [0, 0.05) is 17.8 Å². The number of nitrogens with zero attached hydrogens (tertiary/aromatic N) is 2. The Morgan fingerprint density at radius 2 is 1.88 bits per heavy atom. The second-order valence-electron chi connectivity index (χ2n) is 5.37. The summed E-state index contributed by atoms with van der Waals surface area (Å²) in [5, 5.41) is 8.38. The molecule has 96 valence electrons. The van der Waals surface area contributed by atoms with Gasteiger partial charge >= 0.3 is 0 Å². The standard InChI is InChI=1S/C14H25N3/c1-5-12-9-13(6-2)17(16-12)14-7-10(3)15-11(4)8-14/h9-11,14-15H,5-8H2,1-4H3. The third kappa shape index (κ3) is 2.71. The van der Waals surface area contributed by atoms with Crippen LogP contribution in [0.3, 0.4) is 0 Å². The van der Waals surface area contributed by atoms with Crippen molar-refractivity contribution in [1.29, 1.82) is 0 Å². The number of nitrogens with one attached hydrogen (secondary N) is 1. The zero-order valence-corrected chi connectivity index (χ0v) is 11.5. The van der Waals surface area contributed by atoms with Gasteiger partial charge in [0.1, 0.15) is 0 Å². The smallest absolute Gasteiger partial charge is 0.0624 e. The Morgan fingerprint density at radius 1 is 1.24 bits per heavy atom. The lowest BCUT2D eigenvalue weighted by atomic mass is 9.95. The highest BCUT2D eigenvalue weighted by molar-refractivity contribution is 5.11. The second kappa shape index (κ2) is 5.21. The molecule has 17 heavy (non-hydrogen) atoms. The van der Waals surface area contributed by atoms with E-state index in [1.54, 1.807) is 0 Å². The molecule has 3 nitrogen and oxygen atoms in total. The van der Waals surface area contributed by atoms with E-state index in [-0.39, 0.29) is 0 Å². The molecule has 0 aromatic carbocycles. The molecule has 0 bridgehead atoms. The highest BCUT2D eigenvalue weighted by Crippen LogP contribution is 2.26. The summed E-state index contributed by atoms with van der Waals surface area (Å²) in [5.41, 5.74) is 2.63. The van der Waals surface area contributed by atoms with E-state index in [2.05, 4.69) is 43.8 Å². The molecule has 0 radical (unpaired) electrons. The van der Waals surface area contributed by atoms with Crippen molar-refractivity contribution in [2.45, 2.75) is 71.5 Å². The summed E-state index contributed by atoms with van der Waals surface area (Å²) >= 11 is 0. The van der Waals surface area contributed by atoms with Gasteiger partial charge in [0.2, 0.25) is 0 Å². The molecular weight excluding hydrogens is 210 g/mol. The van der Waals surface area contributed by atoms with Crippen molar-refractivity contribution in [3.8, 4) is 0 Å². The molecule has 2 atom stereocenters. The fourth-order valence-electron chi connectivity index (χ4n) is 2.98. The van der Waals surface area contributed by atoms with Crippen LogP contribution < -0.4 is 5.32 Å². The summed E-state index contributed by atoms with van der Waals surface area (Å²) < 4.78 is 2.30. The zero-order valence-electron chi connectivity index (χ0n) is 11.5. The van der Waals surface area contributed by atoms with E-state index in [9.17, 15) is 0 Å². The average Bonchev–Trinajstić information content (AvgIpc) is 2.70. The molecule has 0 saturated carbocycles. The van der Waals surface area contributed by atoms with Crippen LogP contribution in [0.4, 0.5) is 0 Å². The normalized spacial score (nSPS) is 29.5. The lowest BCUT2D eigenvalue weighted by molar-refractivity contribution is 0.245. The predicted octanol–water partition coefficient (Wildman–Crippen LogP) is 2.71. The Labute approximate surface area is 105 Å². The van der Waals surface area contributed by atoms with Crippen molar-refractivity contribution in [2.24, 2.45) is 0 Å². The van der Waals surface area contributed by atoms with E-state index in [1.807, 2.05) is 0 Å². The fourth-order valence-corrected chi connectivity index (χ4v) is 2.98. The first kappa shape index (κ1) is 12.6. The van der Waals surface area contributed by atoms with Gasteiger partial charge in [0.25, 0.3) is 0 Å². The van der Waals surface area contributed by atoms with E-state index in [0.29, 0.717) is 18.1 Å². The molecule has 2 heterocycles. The Kier molecular flexibility index (Phi) is 3.87. The molecule has 1 aliphatic rings. The van der Waals surface area contributed by atoms with Crippen LogP contribution in [0.5, 0.6) is 0 Å². The first-order chi connectivity index (χ1) is 8.13. The molecule has 1 aliphatic heterocycles. The monoisotopic (exact) mass is 235 g/mol. The quantitative estimate of drug-likeness (QED) is 0.873. The topological polar surface area (TPSA) is 29.9 Å². The molecule has 2 unspecified atom stereocenters. The number of aryl methyl sites for hydroxylation is 2. The highest BCUT2D eigenvalue weighted by atomic mass is 15.3. The molecule has 1 N–H and O–H groups in total. The van der Waals surface area contributed by atoms with Crippen LogP contribution in [0, 0.1) is 0 Å². The van der Waals surface area contributed by atoms with Gasteiger partial charge in [-0.1, -0.05) is 13.8 Å². The predicted molar refractivity (Wildman–Crippen MR) is 71.3 cm³/mol. The van der Waals surface area contributed by atoms with E-state index in [0.717, 1.165) is 12.8 Å². The molecule has 0 aliphatic carbocycles. The SMILES string of the molecule is CCc1cc(CC)n(C2CC(C)NC(C)C2)n1. The van der Waals surface area contributed by atoms with Gasteiger partial charge in [0.15, 0.2) is 0 Å². The number of rotatable bonds is 3. The first-order valence-corrected chi connectivity index (χ1v) is 6.97. The lowest BCUT2D eigenvalue weighted by Crippen LogP contribution is -2.43. The molecule has 3 heteroatoms. The van der Waals surface area contributed by atoms with E-state index in [4.69, 9.17) is 5.10 Å². The fraction of sp³-hybridized carbons (Fsp3) is 0.786. The first-order valence-electron chi connectivity index (χ1n) is 6.97. The maximum atomic E-state index is 4.78. The average molecular weight is 235 g/mol. The van der Waals surface area contributed by atoms with Crippen LogP contribution >= 0.6 is 0 Å². The number of piperidine rings is 1. The van der Waals surface area contributed by atoms with Crippen molar-refractivity contribution in [3.63, 3.8) is 0 Å². The molecule has 1 aromatic heterocycles. The van der Waals surface area contributed by atoms with Crippen molar-refractivity contribution >= 4 is 0 Å². The summed E-state index contributed by atoms with van der Waals surface area (Å²) in [6.07, 6.45) is 4.51. The highest BCUT2D eigenvalue weighted by Gasteiger charge is 2.26. The maximum Gasteiger partial charge on any atom is 0.0624 e. The molecule has 2 rings (SSSR count). The molecule has 1 aromatic rings. The molecule has 1 saturated heterocycles. The van der Waals surface area contributed by atoms with Gasteiger partial charge in [0.05, 0.1) is 11.7 Å². The van der Waals surface area contributed by atoms with Crippen LogP contribution in [0.2, 0.25) is 0 Å². The molecular formula is C14H25N3. The Morgan fingerprint density at radius 3 is 2.41 bits per heavy atom. The lowest BCUT2D eigenvalue weighted by Gasteiger charge is -2.33. The van der Waals surface area contributed by atoms with Gasteiger partial charge in [-0.3, -0.25) is 4.68 Å². The van der Waals surface area contributed by atoms with Crippen LogP contribution in [-0.4, -0.2) is 21.9 Å². The summed E-state index contributed by atoms with van der Waals surface area (Å²) in [7, 11) is 0. The maximum absolute atomic E-state index is 4.78. The molecule has 1 fully saturated rings. The van der Waals surface area contributed by atoms with Crippen molar-refractivity contribution in [2.75, 3.05) is 0 Å². The van der Waals surface area contributed by atoms with Gasteiger partial charge in [-0.25, -0.2) is 0 Å². The summed E-state index contributed by atoms with van der Waals surface area (Å²) in [6, 6.07) is 4.05. The van der Waals surface area contributed by atoms with Gasteiger partial charge in [-0.2, -0.15) is 5.10 Å². The van der Waals surface area contributed by atoms with Gasteiger partial charge in [-0.15, -0.1) is 0 Å². The number of hydrogen-bond donors (Lipinski definition) is 1. The van der Waals surface area contributed by atoms with Crippen molar-refractivity contribution in [1.82, 2.24) is 15.1 Å². The third-order valence-corrected chi connectivity index (χ3v) is 3.75. The van der Waals surface area contributed by atoms with Crippen LogP contribution in [-0.2, 0) is 12.8 Å². The summed E-state index contributed by atoms with van der Waals surface area (Å²) in [5.74, 6) is 0. The summed E-state index contributed by atoms with van der Waals surface area (Å²) in [4.78, 5) is 0. The van der Waals surface area contributed by atoms with Crippen LogP contribution in [0.25, 0.3) is 0 Å². The van der Waals surface area contributed by atoms with Crippen LogP contribution in [0.1, 0.15) is 58.0 Å². The number of aromatic nitrogens is 2. The third-order valence-electron chi connectivity index (χ3n) is 3.75. The Bertz CT molecular complexity index is 360. The van der Waals surface area contributed by atoms with Gasteiger partial charge in [-0.05, 0) is 45.6 Å². The second-order valence-corrected chi connectivity index (χ2v) is 5.37. The molecule has 0 amide bonds. The zero-order chi connectivity index (χ0) is 12.4. The van der Waals surface area contributed by atoms with Crippen molar-refractivity contribution in [3.05, 3.63) is 17.5 Å². The van der Waals surface area contributed by atoms with E-state index in [1.165, 1.54) is 24.2 Å². The Hall–Kier alpha value is -0.830. The molecule has 0 spiro atoms. The largest absolute Gasteiger partial charge is 0.312 e.